The van der Waals surface area contributed by atoms with Gasteiger partial charge in [-0.2, -0.15) is 0 Å². The number of primary amides is 1. The van der Waals surface area contributed by atoms with E-state index in [-0.39, 0.29) is 5.56 Å². The number of aliphatic hydroxyl groups is 2. The Bertz CT molecular complexity index is 1780. The van der Waals surface area contributed by atoms with Gasteiger partial charge in [0.1, 0.15) is 30.2 Å². The number of nitrogens with two attached hydrogens (primary N) is 1. The van der Waals surface area contributed by atoms with Gasteiger partial charge in [0.2, 0.25) is 41.4 Å². The van der Waals surface area contributed by atoms with Crippen LogP contribution >= 0.6 is 0 Å². The van der Waals surface area contributed by atoms with Crippen LogP contribution in [0.1, 0.15) is 69.8 Å². The summed E-state index contributed by atoms with van der Waals surface area (Å²) < 4.78 is 0. The molecule has 0 aliphatic rings. The van der Waals surface area contributed by atoms with Crippen LogP contribution in [-0.2, 0) is 40.0 Å². The average molecular weight is 827 g/mol. The number of hydrogen-bond donors (Lipinski definition) is 12. The lowest BCUT2D eigenvalue weighted by atomic mass is 9.81. The van der Waals surface area contributed by atoms with Gasteiger partial charge in [0.25, 0.3) is 5.91 Å². The monoisotopic (exact) mass is 826 g/mol. The van der Waals surface area contributed by atoms with Crippen molar-refractivity contribution in [3.63, 3.8) is 0 Å². The van der Waals surface area contributed by atoms with Crippen LogP contribution in [0.4, 0.5) is 0 Å². The molecule has 2 aromatic rings. The molecular weight excluding hydrogens is 771 g/mol. The summed E-state index contributed by atoms with van der Waals surface area (Å²) in [5.41, 5.74) is 8.46. The predicted octanol–water partition coefficient (Wildman–Crippen LogP) is -3.35. The number of benzene rings is 2. The molecule has 21 heteroatoms. The molecule has 0 bridgehead atoms. The van der Waals surface area contributed by atoms with E-state index in [2.05, 4.69) is 56.3 Å². The molecule has 13 N–H and O–H groups in total. The summed E-state index contributed by atoms with van der Waals surface area (Å²) in [6.07, 6.45) is 1.01. The zero-order chi connectivity index (χ0) is 44.4. The zero-order valence-electron chi connectivity index (χ0n) is 33.6. The van der Waals surface area contributed by atoms with Crippen LogP contribution in [0.25, 0.3) is 11.1 Å². The minimum Gasteiger partial charge on any atom is -0.426 e. The van der Waals surface area contributed by atoms with Crippen molar-refractivity contribution in [3.8, 4) is 11.1 Å². The summed E-state index contributed by atoms with van der Waals surface area (Å²) in [6, 6.07) is 7.52. The highest BCUT2D eigenvalue weighted by molar-refractivity contribution is 6.43. The molecule has 20 nitrogen and oxygen atoms in total. The van der Waals surface area contributed by atoms with Gasteiger partial charge in [-0.15, -0.1) is 0 Å². The Hall–Kier alpha value is -5.90. The molecule has 8 amide bonds. The summed E-state index contributed by atoms with van der Waals surface area (Å²) in [5, 5.41) is 54.3. The van der Waals surface area contributed by atoms with E-state index in [9.17, 15) is 58.6 Å². The van der Waals surface area contributed by atoms with Gasteiger partial charge in [0, 0.05) is 5.56 Å². The van der Waals surface area contributed by atoms with Gasteiger partial charge in [-0.25, -0.2) is 0 Å². The Balaban J connectivity index is 1.90. The fourth-order valence-corrected chi connectivity index (χ4v) is 5.30. The van der Waals surface area contributed by atoms with E-state index >= 15 is 0 Å². The van der Waals surface area contributed by atoms with Crippen molar-refractivity contribution in [1.29, 1.82) is 0 Å². The van der Waals surface area contributed by atoms with E-state index in [0.717, 1.165) is 37.3 Å². The molecule has 0 aliphatic carbocycles. The van der Waals surface area contributed by atoms with Crippen LogP contribution in [0.15, 0.2) is 48.5 Å². The molecule has 3 unspecified atom stereocenters. The van der Waals surface area contributed by atoms with Gasteiger partial charge in [-0.1, -0.05) is 49.7 Å². The van der Waals surface area contributed by atoms with Gasteiger partial charge in [0.05, 0.1) is 31.6 Å². The van der Waals surface area contributed by atoms with E-state index < -0.39 is 116 Å². The quantitative estimate of drug-likeness (QED) is 0.0490. The molecule has 0 saturated heterocycles. The number of aryl methyl sites for hydroxylation is 1. The fraction of sp³-hybridized carbons (Fsp3) is 0.474. The molecule has 2 aromatic carbocycles. The second-order valence-electron chi connectivity index (χ2n) is 14.0. The molecular formula is C38H55BN8O12. The van der Waals surface area contributed by atoms with E-state index in [1.165, 1.54) is 26.3 Å². The molecule has 0 heterocycles. The highest BCUT2D eigenvalue weighted by Crippen LogP contribution is 2.21. The number of nitrogens with one attached hydrogen (secondary N) is 7. The van der Waals surface area contributed by atoms with Crippen LogP contribution in [0, 0.1) is 0 Å². The Kier molecular flexibility index (Phi) is 20.1. The molecule has 0 aliphatic heterocycles. The Morgan fingerprint density at radius 1 is 0.678 bits per heavy atom. The zero-order valence-corrected chi connectivity index (χ0v) is 33.6. The molecule has 0 spiro atoms. The number of unbranched alkanes of at least 4 members (excludes halogenated alkanes) is 1. The first-order valence-corrected chi connectivity index (χ1v) is 19.0. The van der Waals surface area contributed by atoms with Crippen LogP contribution < -0.4 is 43.0 Å². The van der Waals surface area contributed by atoms with Crippen LogP contribution in [0.2, 0.25) is 0 Å². The molecule has 322 valence electrons. The first kappa shape index (κ1) is 49.3. The minimum atomic E-state index is -1.95. The average Bonchev–Trinajstić information content (AvgIpc) is 3.19. The number of hydrogen-bond acceptors (Lipinski definition) is 12. The Morgan fingerprint density at radius 3 is 1.75 bits per heavy atom. The fourth-order valence-electron chi connectivity index (χ4n) is 5.30. The van der Waals surface area contributed by atoms with Crippen molar-refractivity contribution in [2.45, 2.75) is 103 Å². The van der Waals surface area contributed by atoms with Crippen LogP contribution in [-0.4, -0.2) is 130 Å². The normalized spacial score (nSPS) is 14.4. The largest absolute Gasteiger partial charge is 0.475 e. The van der Waals surface area contributed by atoms with Gasteiger partial charge in [-0.05, 0) is 69.4 Å². The molecule has 59 heavy (non-hydrogen) atoms. The van der Waals surface area contributed by atoms with Crippen molar-refractivity contribution in [2.75, 3.05) is 13.2 Å². The standard InChI is InChI=1S/C38H55BN8O12/c1-6-7-8-24-9-11-25(12-10-24)26-13-15-27(16-14-26)35(54)46-29(19-48)37(56)42-20(2)33(52)41-18-31(51)47-32(22(4)49)38(57)43-21(3)34(53)45-28(17-30(40)50)36(55)44-23(5)39(58)59/h9-16,20-23,28-29,32,48-49,58-59H,6-8,17-19H2,1-5H3,(H2,40,50)(H,41,52)(H,42,56)(H,43,57)(H,44,55)(H,45,53)(H,46,54)(H,47,51)/t20-,21+,22?,23+,28?,29-,32?/m1/s1. The molecule has 0 radical (unpaired) electrons. The first-order chi connectivity index (χ1) is 27.8. The van der Waals surface area contributed by atoms with E-state index in [4.69, 9.17) is 5.73 Å². The molecule has 0 saturated carbocycles. The van der Waals surface area contributed by atoms with Gasteiger partial charge >= 0.3 is 7.12 Å². The summed E-state index contributed by atoms with van der Waals surface area (Å²) >= 11 is 0. The number of carbonyl (C=O) groups is 8. The summed E-state index contributed by atoms with van der Waals surface area (Å²) in [7, 11) is -1.95. The Morgan fingerprint density at radius 2 is 1.22 bits per heavy atom. The second kappa shape index (κ2) is 24.1. The van der Waals surface area contributed by atoms with Crippen molar-refractivity contribution in [1.82, 2.24) is 37.2 Å². The summed E-state index contributed by atoms with van der Waals surface area (Å²) in [4.78, 5) is 101. The minimum absolute atomic E-state index is 0.225. The van der Waals surface area contributed by atoms with E-state index in [1.807, 2.05) is 12.1 Å². The lowest BCUT2D eigenvalue weighted by Gasteiger charge is -2.25. The van der Waals surface area contributed by atoms with Crippen molar-refractivity contribution >= 4 is 54.4 Å². The van der Waals surface area contributed by atoms with Crippen LogP contribution in [0.5, 0.6) is 0 Å². The highest BCUT2D eigenvalue weighted by atomic mass is 16.4. The second-order valence-corrected chi connectivity index (χ2v) is 14.0. The maximum absolute atomic E-state index is 12.9. The molecule has 7 atom stereocenters. The lowest BCUT2D eigenvalue weighted by molar-refractivity contribution is -0.135. The Labute approximate surface area is 342 Å². The molecule has 0 fully saturated rings. The van der Waals surface area contributed by atoms with Gasteiger partial charge in [0.15, 0.2) is 0 Å². The van der Waals surface area contributed by atoms with Crippen LogP contribution in [0.3, 0.4) is 0 Å². The first-order valence-electron chi connectivity index (χ1n) is 19.0. The molecule has 2 rings (SSSR count). The van der Waals surface area contributed by atoms with Crippen molar-refractivity contribution in [2.24, 2.45) is 5.73 Å². The maximum atomic E-state index is 12.9. The topological polar surface area (TPSA) is 328 Å². The third kappa shape index (κ3) is 16.5. The molecule has 0 aromatic heterocycles. The predicted molar refractivity (Wildman–Crippen MR) is 214 cm³/mol. The van der Waals surface area contributed by atoms with Gasteiger partial charge < -0.3 is 63.2 Å². The number of amides is 8. The third-order valence-corrected chi connectivity index (χ3v) is 8.92. The third-order valence-electron chi connectivity index (χ3n) is 8.92. The van der Waals surface area contributed by atoms with Crippen molar-refractivity contribution < 1.29 is 58.6 Å². The highest BCUT2D eigenvalue weighted by Gasteiger charge is 2.32. The van der Waals surface area contributed by atoms with Crippen molar-refractivity contribution in [3.05, 3.63) is 59.7 Å². The lowest BCUT2D eigenvalue weighted by Crippen LogP contribution is -2.60. The summed E-state index contributed by atoms with van der Waals surface area (Å²) in [6.45, 7) is 5.50. The number of rotatable bonds is 23. The number of aliphatic hydroxyl groups excluding tert-OH is 2. The smallest absolute Gasteiger partial charge is 0.426 e. The van der Waals surface area contributed by atoms with E-state index in [0.29, 0.717) is 0 Å². The maximum Gasteiger partial charge on any atom is 0.475 e. The summed E-state index contributed by atoms with van der Waals surface area (Å²) in [5.74, 6) is -8.50. The van der Waals surface area contributed by atoms with Gasteiger partial charge in [-0.3, -0.25) is 38.4 Å². The number of carbonyl (C=O) groups excluding carboxylic acids is 8. The SMILES string of the molecule is CCCCc1ccc(-c2ccc(C(=O)N[C@H](CO)C(=O)N[C@H](C)C(=O)NCC(=O)NC(C(=O)N[C@@H](C)C(=O)NC(CC(N)=O)C(=O)N[C@@H](C)B(O)O)C(C)O)cc2)cc1. The van der Waals surface area contributed by atoms with E-state index in [1.54, 1.807) is 24.3 Å².